The summed E-state index contributed by atoms with van der Waals surface area (Å²) in [6.45, 7) is 1.62. The van der Waals surface area contributed by atoms with E-state index in [1.54, 1.807) is 4.90 Å². The van der Waals surface area contributed by atoms with Crippen LogP contribution in [0.4, 0.5) is 8.78 Å². The summed E-state index contributed by atoms with van der Waals surface area (Å²) in [6, 6.07) is 17.2. The van der Waals surface area contributed by atoms with Crippen LogP contribution >= 0.6 is 0 Å². The molecule has 0 saturated carbocycles. The van der Waals surface area contributed by atoms with Gasteiger partial charge in [-0.05, 0) is 55.0 Å². The van der Waals surface area contributed by atoms with Gasteiger partial charge in [-0.3, -0.25) is 14.4 Å². The van der Waals surface area contributed by atoms with Crippen molar-refractivity contribution in [2.75, 3.05) is 26.7 Å². The summed E-state index contributed by atoms with van der Waals surface area (Å²) in [5.74, 6) is -3.31. The number of carbonyl (C=O) groups is 3. The Morgan fingerprint density at radius 3 is 2.43 bits per heavy atom. The van der Waals surface area contributed by atoms with Crippen molar-refractivity contribution in [3.8, 4) is 5.75 Å². The molecule has 3 aliphatic heterocycles. The van der Waals surface area contributed by atoms with Crippen LogP contribution in [-0.2, 0) is 10.2 Å². The van der Waals surface area contributed by atoms with Crippen LogP contribution in [0.25, 0.3) is 5.70 Å². The number of hydrogen-bond donors (Lipinski definition) is 1. The summed E-state index contributed by atoms with van der Waals surface area (Å²) in [5, 5.41) is 3.03. The van der Waals surface area contributed by atoms with E-state index in [-0.39, 0.29) is 28.8 Å². The molecule has 9 heteroatoms. The average molecular weight is 570 g/mol. The zero-order chi connectivity index (χ0) is 29.2. The first-order valence-electron chi connectivity index (χ1n) is 14.2. The standard InChI is InChI=1S/C33H29F2N3O4/c1-42-29-23(10-11-25(34)27(29)35)30(39)36-26-18-33(24-9-5-4-8-21(24)26)13-16-37(17-14-33)31(40)22-12-15-38-28(22)19-6-2-3-7-20(19)32(38)41/h2-11,26H,12-18H2,1H3,(H,36,39). The largest absolute Gasteiger partial charge is 0.493 e. The van der Waals surface area contributed by atoms with Crippen molar-refractivity contribution < 1.29 is 27.9 Å². The van der Waals surface area contributed by atoms with Gasteiger partial charge >= 0.3 is 0 Å². The fraction of sp³-hybridized carbons (Fsp3) is 0.303. The molecule has 7 nitrogen and oxygen atoms in total. The van der Waals surface area contributed by atoms with Gasteiger partial charge in [0.25, 0.3) is 17.7 Å². The minimum atomic E-state index is -1.20. The van der Waals surface area contributed by atoms with E-state index in [4.69, 9.17) is 4.74 Å². The highest BCUT2D eigenvalue weighted by atomic mass is 19.2. The van der Waals surface area contributed by atoms with Crippen LogP contribution in [-0.4, -0.2) is 54.3 Å². The van der Waals surface area contributed by atoms with Crippen LogP contribution in [0.5, 0.6) is 5.75 Å². The third kappa shape index (κ3) is 3.86. The van der Waals surface area contributed by atoms with E-state index in [2.05, 4.69) is 11.4 Å². The Bertz CT molecular complexity index is 1690. The SMILES string of the molecule is COc1c(C(=O)NC2CC3(CCN(C(=O)C4=C5c6ccccc6C(=O)N5CC4)CC3)c3ccccc32)ccc(F)c1F. The van der Waals surface area contributed by atoms with Crippen LogP contribution < -0.4 is 10.1 Å². The minimum Gasteiger partial charge on any atom is -0.493 e. The maximum atomic E-state index is 14.3. The number of nitrogens with zero attached hydrogens (tertiary/aromatic N) is 2. The van der Waals surface area contributed by atoms with E-state index < -0.39 is 23.3 Å². The fourth-order valence-electron chi connectivity index (χ4n) is 7.33. The molecule has 0 aromatic heterocycles. The lowest BCUT2D eigenvalue weighted by Gasteiger charge is -2.40. The van der Waals surface area contributed by atoms with Crippen LogP contribution in [0.3, 0.4) is 0 Å². The first-order chi connectivity index (χ1) is 20.3. The predicted molar refractivity (Wildman–Crippen MR) is 151 cm³/mol. The molecule has 1 atom stereocenters. The number of nitrogens with one attached hydrogen (secondary N) is 1. The molecule has 1 N–H and O–H groups in total. The number of amides is 3. The highest BCUT2D eigenvalue weighted by molar-refractivity contribution is 6.15. The second kappa shape index (κ2) is 9.79. The number of ether oxygens (including phenoxy) is 1. The average Bonchev–Trinajstić information content (AvgIpc) is 3.66. The molecule has 7 rings (SSSR count). The van der Waals surface area contributed by atoms with Gasteiger partial charge < -0.3 is 19.9 Å². The molecule has 1 fully saturated rings. The topological polar surface area (TPSA) is 79.0 Å². The Balaban J connectivity index is 1.11. The van der Waals surface area contributed by atoms with Gasteiger partial charge in [0.1, 0.15) is 0 Å². The summed E-state index contributed by atoms with van der Waals surface area (Å²) in [4.78, 5) is 43.5. The maximum Gasteiger partial charge on any atom is 0.258 e. The van der Waals surface area contributed by atoms with Crippen LogP contribution in [0.15, 0.2) is 66.2 Å². The van der Waals surface area contributed by atoms with E-state index >= 15 is 0 Å². The molecule has 1 spiro atoms. The first kappa shape index (κ1) is 26.4. The number of benzene rings is 3. The van der Waals surface area contributed by atoms with Crippen LogP contribution in [0.2, 0.25) is 0 Å². The molecule has 42 heavy (non-hydrogen) atoms. The number of carbonyl (C=O) groups excluding carboxylic acids is 3. The summed E-state index contributed by atoms with van der Waals surface area (Å²) < 4.78 is 33.1. The highest BCUT2D eigenvalue weighted by Crippen LogP contribution is 2.51. The third-order valence-electron chi connectivity index (χ3n) is 9.37. The van der Waals surface area contributed by atoms with Crippen LogP contribution in [0, 0.1) is 11.6 Å². The van der Waals surface area contributed by atoms with Crippen molar-refractivity contribution in [3.05, 3.63) is 106 Å². The van der Waals surface area contributed by atoms with Crippen molar-refractivity contribution in [2.24, 2.45) is 0 Å². The fourth-order valence-corrected chi connectivity index (χ4v) is 7.33. The molecule has 1 aliphatic carbocycles. The van der Waals surface area contributed by atoms with E-state index in [1.807, 2.05) is 47.4 Å². The Kier molecular flexibility index (Phi) is 6.15. The molecule has 0 bridgehead atoms. The summed E-state index contributed by atoms with van der Waals surface area (Å²) in [6.07, 6.45) is 2.62. The lowest BCUT2D eigenvalue weighted by Crippen LogP contribution is -2.45. The highest BCUT2D eigenvalue weighted by Gasteiger charge is 2.47. The monoisotopic (exact) mass is 569 g/mol. The molecule has 3 aromatic carbocycles. The van der Waals surface area contributed by atoms with Crippen molar-refractivity contribution in [1.29, 1.82) is 0 Å². The lowest BCUT2D eigenvalue weighted by molar-refractivity contribution is -0.128. The molecular formula is C33H29F2N3O4. The Morgan fingerprint density at radius 2 is 1.67 bits per heavy atom. The maximum absolute atomic E-state index is 14.3. The van der Waals surface area contributed by atoms with Crippen molar-refractivity contribution in [3.63, 3.8) is 0 Å². The van der Waals surface area contributed by atoms with E-state index in [0.29, 0.717) is 43.6 Å². The molecule has 3 heterocycles. The number of fused-ring (bicyclic) bond motifs is 5. The van der Waals surface area contributed by atoms with E-state index in [0.717, 1.165) is 41.3 Å². The first-order valence-corrected chi connectivity index (χ1v) is 14.2. The molecule has 214 valence electrons. The molecule has 3 aromatic rings. The number of rotatable bonds is 4. The van der Waals surface area contributed by atoms with Gasteiger partial charge in [-0.25, -0.2) is 4.39 Å². The number of likely N-dealkylation sites (tertiary alicyclic amines) is 1. The van der Waals surface area contributed by atoms with Crippen LogP contribution in [0.1, 0.15) is 69.1 Å². The number of piperidine rings is 1. The Hall–Kier alpha value is -4.53. The van der Waals surface area contributed by atoms with Crippen molar-refractivity contribution >= 4 is 23.4 Å². The molecule has 3 amide bonds. The van der Waals surface area contributed by atoms with Gasteiger partial charge in [0, 0.05) is 41.7 Å². The quantitative estimate of drug-likeness (QED) is 0.481. The van der Waals surface area contributed by atoms with Gasteiger partial charge in [-0.1, -0.05) is 42.5 Å². The molecular weight excluding hydrogens is 540 g/mol. The smallest absolute Gasteiger partial charge is 0.258 e. The summed E-state index contributed by atoms with van der Waals surface area (Å²) >= 11 is 0. The predicted octanol–water partition coefficient (Wildman–Crippen LogP) is 4.98. The number of halogens is 2. The van der Waals surface area contributed by atoms with Gasteiger partial charge in [-0.2, -0.15) is 4.39 Å². The number of hydrogen-bond acceptors (Lipinski definition) is 4. The second-order valence-electron chi connectivity index (χ2n) is 11.4. The van der Waals surface area contributed by atoms with E-state index in [1.165, 1.54) is 13.2 Å². The molecule has 0 radical (unpaired) electrons. The van der Waals surface area contributed by atoms with Crippen molar-refractivity contribution in [2.45, 2.75) is 37.1 Å². The van der Waals surface area contributed by atoms with Gasteiger partial charge in [0.2, 0.25) is 5.82 Å². The third-order valence-corrected chi connectivity index (χ3v) is 9.37. The second-order valence-corrected chi connectivity index (χ2v) is 11.4. The summed E-state index contributed by atoms with van der Waals surface area (Å²) in [7, 11) is 1.20. The zero-order valence-corrected chi connectivity index (χ0v) is 23.1. The Morgan fingerprint density at radius 1 is 0.952 bits per heavy atom. The molecule has 1 unspecified atom stereocenters. The normalized spacial score (nSPS) is 20.1. The van der Waals surface area contributed by atoms with Crippen molar-refractivity contribution in [1.82, 2.24) is 15.1 Å². The van der Waals surface area contributed by atoms with Gasteiger partial charge in [0.05, 0.1) is 24.4 Å². The Labute approximate surface area is 241 Å². The molecule has 4 aliphatic rings. The van der Waals surface area contributed by atoms with Gasteiger partial charge in [0.15, 0.2) is 11.6 Å². The summed E-state index contributed by atoms with van der Waals surface area (Å²) in [5.41, 5.74) is 4.75. The molecule has 1 saturated heterocycles. The van der Waals surface area contributed by atoms with Gasteiger partial charge in [-0.15, -0.1) is 0 Å². The lowest BCUT2D eigenvalue weighted by atomic mass is 9.73. The van der Waals surface area contributed by atoms with E-state index in [9.17, 15) is 23.2 Å². The number of methoxy groups -OCH3 is 1. The zero-order valence-electron chi connectivity index (χ0n) is 23.1. The minimum absolute atomic E-state index is 0.0200.